The molecule has 0 aromatic rings. The van der Waals surface area contributed by atoms with Crippen LogP contribution < -0.4 is 15.8 Å². The summed E-state index contributed by atoms with van der Waals surface area (Å²) in [6.45, 7) is 4.15. The van der Waals surface area contributed by atoms with E-state index in [-0.39, 0.29) is 36.7 Å². The lowest BCUT2D eigenvalue weighted by atomic mass is 10.1. The third-order valence-corrected chi connectivity index (χ3v) is 4.39. The number of carbonyl (C=O) groups is 1. The first-order chi connectivity index (χ1) is 9.21. The number of nitrogens with two attached hydrogens (primary N) is 1. The standard InChI is InChI=1S/C12H25N3O4S.ClH/c1-12(2,13)11(16)14-6-8-20(17,18)15-9-10-5-3-4-7-19-10;/h10,15H,3-9,13H2,1-2H3,(H,14,16);1H. The van der Waals surface area contributed by atoms with Crippen LogP contribution in [0.25, 0.3) is 0 Å². The molecule has 0 spiro atoms. The Bertz CT molecular complexity index is 417. The highest BCUT2D eigenvalue weighted by Gasteiger charge is 2.22. The fraction of sp³-hybridized carbons (Fsp3) is 0.917. The number of nitrogens with one attached hydrogen (secondary N) is 2. The minimum absolute atomic E-state index is 0. The minimum atomic E-state index is -3.41. The van der Waals surface area contributed by atoms with Gasteiger partial charge in [0.15, 0.2) is 0 Å². The van der Waals surface area contributed by atoms with Crippen LogP contribution in [-0.4, -0.2) is 51.4 Å². The fourth-order valence-electron chi connectivity index (χ4n) is 1.79. The van der Waals surface area contributed by atoms with Crippen LogP contribution in [0.4, 0.5) is 0 Å². The number of sulfonamides is 1. The Balaban J connectivity index is 0.00000400. The zero-order valence-corrected chi connectivity index (χ0v) is 14.2. The lowest BCUT2D eigenvalue weighted by Gasteiger charge is -2.22. The van der Waals surface area contributed by atoms with E-state index in [1.54, 1.807) is 13.8 Å². The van der Waals surface area contributed by atoms with E-state index in [9.17, 15) is 13.2 Å². The number of carbonyl (C=O) groups excluding carboxylic acids is 1. The van der Waals surface area contributed by atoms with Gasteiger partial charge in [-0.25, -0.2) is 13.1 Å². The van der Waals surface area contributed by atoms with Gasteiger partial charge in [0.1, 0.15) is 0 Å². The summed E-state index contributed by atoms with van der Waals surface area (Å²) in [6.07, 6.45) is 2.93. The summed E-state index contributed by atoms with van der Waals surface area (Å²) in [5.41, 5.74) is 4.58. The molecule has 7 nitrogen and oxygen atoms in total. The van der Waals surface area contributed by atoms with E-state index in [4.69, 9.17) is 10.5 Å². The van der Waals surface area contributed by atoms with Crippen LogP contribution in [0.2, 0.25) is 0 Å². The molecule has 9 heteroatoms. The molecule has 1 saturated heterocycles. The van der Waals surface area contributed by atoms with E-state index in [1.165, 1.54) is 0 Å². The Kier molecular flexibility index (Phi) is 8.72. The van der Waals surface area contributed by atoms with Crippen molar-refractivity contribution < 1.29 is 17.9 Å². The van der Waals surface area contributed by atoms with Gasteiger partial charge >= 0.3 is 0 Å². The SMILES string of the molecule is CC(C)(N)C(=O)NCCS(=O)(=O)NCC1CCCCO1.Cl. The molecule has 1 atom stereocenters. The lowest BCUT2D eigenvalue weighted by Crippen LogP contribution is -2.50. The molecule has 0 aromatic carbocycles. The van der Waals surface area contributed by atoms with Gasteiger partial charge in [-0.2, -0.15) is 0 Å². The molecule has 0 radical (unpaired) electrons. The highest BCUT2D eigenvalue weighted by molar-refractivity contribution is 7.89. The Morgan fingerprint density at radius 2 is 2.05 bits per heavy atom. The molecule has 1 amide bonds. The van der Waals surface area contributed by atoms with Gasteiger partial charge in [-0.1, -0.05) is 0 Å². The minimum Gasteiger partial charge on any atom is -0.377 e. The highest BCUT2D eigenvalue weighted by Crippen LogP contribution is 2.11. The zero-order chi connectivity index (χ0) is 15.2. The number of hydrogen-bond donors (Lipinski definition) is 3. The molecular formula is C12H26ClN3O4S. The van der Waals surface area contributed by atoms with E-state index < -0.39 is 15.6 Å². The van der Waals surface area contributed by atoms with Crippen molar-refractivity contribution in [1.82, 2.24) is 10.0 Å². The molecule has 0 aliphatic carbocycles. The van der Waals surface area contributed by atoms with Crippen molar-refractivity contribution in [3.05, 3.63) is 0 Å². The van der Waals surface area contributed by atoms with Crippen molar-refractivity contribution in [3.8, 4) is 0 Å². The molecule has 1 aliphatic rings. The second-order valence-electron chi connectivity index (χ2n) is 5.63. The van der Waals surface area contributed by atoms with Crippen LogP contribution in [0.5, 0.6) is 0 Å². The number of hydrogen-bond acceptors (Lipinski definition) is 5. The van der Waals surface area contributed by atoms with Crippen molar-refractivity contribution in [2.45, 2.75) is 44.8 Å². The van der Waals surface area contributed by atoms with Gasteiger partial charge in [0.05, 0.1) is 17.4 Å². The normalized spacial score (nSPS) is 19.7. The van der Waals surface area contributed by atoms with E-state index >= 15 is 0 Å². The van der Waals surface area contributed by atoms with Crippen LogP contribution in [0.3, 0.4) is 0 Å². The number of rotatable bonds is 7. The number of amides is 1. The molecule has 1 unspecified atom stereocenters. The lowest BCUT2D eigenvalue weighted by molar-refractivity contribution is -0.125. The average Bonchev–Trinajstić information content (AvgIpc) is 2.36. The molecule has 4 N–H and O–H groups in total. The first-order valence-electron chi connectivity index (χ1n) is 6.87. The first kappa shape index (κ1) is 20.6. The third-order valence-electron chi connectivity index (χ3n) is 3.05. The predicted molar refractivity (Wildman–Crippen MR) is 83.9 cm³/mol. The van der Waals surface area contributed by atoms with E-state index in [0.717, 1.165) is 19.3 Å². The summed E-state index contributed by atoms with van der Waals surface area (Å²) in [5.74, 6) is -0.537. The summed E-state index contributed by atoms with van der Waals surface area (Å²) in [5, 5.41) is 2.50. The summed E-state index contributed by atoms with van der Waals surface area (Å²) < 4.78 is 31.5. The van der Waals surface area contributed by atoms with Gasteiger partial charge in [-0.05, 0) is 33.1 Å². The van der Waals surface area contributed by atoms with E-state index in [1.807, 2.05) is 0 Å². The van der Waals surface area contributed by atoms with Crippen LogP contribution in [0.1, 0.15) is 33.1 Å². The van der Waals surface area contributed by atoms with Gasteiger partial charge in [0, 0.05) is 19.7 Å². The highest BCUT2D eigenvalue weighted by atomic mass is 35.5. The molecule has 0 saturated carbocycles. The molecular weight excluding hydrogens is 318 g/mol. The maximum absolute atomic E-state index is 11.8. The van der Waals surface area contributed by atoms with Crippen molar-refractivity contribution in [2.24, 2.45) is 5.73 Å². The zero-order valence-electron chi connectivity index (χ0n) is 12.6. The van der Waals surface area contributed by atoms with Crippen LogP contribution in [0, 0.1) is 0 Å². The molecule has 0 aromatic heterocycles. The maximum Gasteiger partial charge on any atom is 0.239 e. The third kappa shape index (κ3) is 8.57. The second-order valence-corrected chi connectivity index (χ2v) is 7.56. The molecule has 0 bridgehead atoms. The van der Waals surface area contributed by atoms with Crippen LogP contribution in [0.15, 0.2) is 0 Å². The second kappa shape index (κ2) is 8.89. The monoisotopic (exact) mass is 343 g/mol. The predicted octanol–water partition coefficient (Wildman–Crippen LogP) is -0.250. The largest absolute Gasteiger partial charge is 0.377 e. The molecule has 1 fully saturated rings. The van der Waals surface area contributed by atoms with Crippen LogP contribution >= 0.6 is 12.4 Å². The smallest absolute Gasteiger partial charge is 0.239 e. The van der Waals surface area contributed by atoms with Crippen molar-refractivity contribution in [3.63, 3.8) is 0 Å². The maximum atomic E-state index is 11.8. The Morgan fingerprint density at radius 3 is 2.57 bits per heavy atom. The summed E-state index contributed by atoms with van der Waals surface area (Å²) in [7, 11) is -3.41. The first-order valence-corrected chi connectivity index (χ1v) is 8.52. The topological polar surface area (TPSA) is 111 Å². The summed E-state index contributed by atoms with van der Waals surface area (Å²) in [6, 6.07) is 0. The average molecular weight is 344 g/mol. The Labute approximate surface area is 132 Å². The Morgan fingerprint density at radius 1 is 1.38 bits per heavy atom. The van der Waals surface area contributed by atoms with Gasteiger partial charge in [-0.3, -0.25) is 4.79 Å². The summed E-state index contributed by atoms with van der Waals surface area (Å²) in [4.78, 5) is 11.5. The molecule has 1 rings (SSSR count). The van der Waals surface area contributed by atoms with Crippen molar-refractivity contribution >= 4 is 28.3 Å². The van der Waals surface area contributed by atoms with E-state index in [0.29, 0.717) is 13.2 Å². The number of ether oxygens (including phenoxy) is 1. The van der Waals surface area contributed by atoms with Gasteiger partial charge in [0.25, 0.3) is 0 Å². The molecule has 1 heterocycles. The fourth-order valence-corrected chi connectivity index (χ4v) is 2.74. The molecule has 21 heavy (non-hydrogen) atoms. The Hall–Kier alpha value is -0.410. The number of halogens is 1. The van der Waals surface area contributed by atoms with Gasteiger partial charge in [0.2, 0.25) is 15.9 Å². The van der Waals surface area contributed by atoms with Crippen molar-refractivity contribution in [1.29, 1.82) is 0 Å². The van der Waals surface area contributed by atoms with Gasteiger partial charge < -0.3 is 15.8 Å². The van der Waals surface area contributed by atoms with E-state index in [2.05, 4.69) is 10.0 Å². The molecule has 1 aliphatic heterocycles. The van der Waals surface area contributed by atoms with Gasteiger partial charge in [-0.15, -0.1) is 12.4 Å². The van der Waals surface area contributed by atoms with Crippen LogP contribution in [-0.2, 0) is 19.6 Å². The summed E-state index contributed by atoms with van der Waals surface area (Å²) >= 11 is 0. The van der Waals surface area contributed by atoms with Crippen molar-refractivity contribution in [2.75, 3.05) is 25.4 Å². The molecule has 126 valence electrons. The quantitative estimate of drug-likeness (QED) is 0.590.